The third-order valence-electron chi connectivity index (χ3n) is 5.36. The van der Waals surface area contributed by atoms with Gasteiger partial charge in [-0.1, -0.05) is 29.5 Å². The lowest BCUT2D eigenvalue weighted by atomic mass is 10.2. The largest absolute Gasteiger partial charge is 0.300 e. The molecule has 0 bridgehead atoms. The minimum atomic E-state index is -3.53. The van der Waals surface area contributed by atoms with Crippen molar-refractivity contribution < 1.29 is 13.2 Å². The molecule has 2 aromatic carbocycles. The smallest absolute Gasteiger partial charge is 0.275 e. The van der Waals surface area contributed by atoms with Crippen molar-refractivity contribution in [2.24, 2.45) is 0 Å². The first kappa shape index (κ1) is 20.7. The lowest BCUT2D eigenvalue weighted by Gasteiger charge is -2.15. The van der Waals surface area contributed by atoms with Gasteiger partial charge in [0, 0.05) is 18.5 Å². The van der Waals surface area contributed by atoms with Gasteiger partial charge in [-0.2, -0.15) is 9.40 Å². The number of sulfonamides is 1. The lowest BCUT2D eigenvalue weighted by molar-refractivity contribution is -0.117. The standard InChI is InChI=1S/C21H19N5O4S2/c27-19(13-26-20(28)16-6-2-1-5-14(16)12-22-26)24-21-23-17-8-7-15(11-18(17)31-21)32(29,30)25-9-3-4-10-25/h1-2,5-8,11-12H,3-4,9-10,13H2,(H,23,24,27). The van der Waals surface area contributed by atoms with Gasteiger partial charge < -0.3 is 5.32 Å². The zero-order valence-electron chi connectivity index (χ0n) is 16.9. The van der Waals surface area contributed by atoms with E-state index in [1.807, 2.05) is 6.07 Å². The Morgan fingerprint density at radius 1 is 1.12 bits per heavy atom. The molecule has 0 atom stereocenters. The predicted octanol–water partition coefficient (Wildman–Crippen LogP) is 2.43. The molecular weight excluding hydrogens is 450 g/mol. The van der Waals surface area contributed by atoms with Gasteiger partial charge in [-0.25, -0.2) is 18.1 Å². The van der Waals surface area contributed by atoms with E-state index in [-0.39, 0.29) is 17.0 Å². The summed E-state index contributed by atoms with van der Waals surface area (Å²) in [4.78, 5) is 29.6. The Morgan fingerprint density at radius 2 is 1.91 bits per heavy atom. The highest BCUT2D eigenvalue weighted by Crippen LogP contribution is 2.30. The Balaban J connectivity index is 1.36. The molecule has 0 saturated carbocycles. The average Bonchev–Trinajstić information content (AvgIpc) is 3.45. The van der Waals surface area contributed by atoms with E-state index < -0.39 is 15.9 Å². The Bertz CT molecular complexity index is 1500. The molecule has 1 aliphatic rings. The van der Waals surface area contributed by atoms with Crippen molar-refractivity contribution >= 4 is 53.4 Å². The van der Waals surface area contributed by atoms with Gasteiger partial charge in [-0.3, -0.25) is 9.59 Å². The van der Waals surface area contributed by atoms with Crippen molar-refractivity contribution in [3.8, 4) is 0 Å². The van der Waals surface area contributed by atoms with Crippen molar-refractivity contribution in [1.29, 1.82) is 0 Å². The highest BCUT2D eigenvalue weighted by molar-refractivity contribution is 7.89. The zero-order valence-corrected chi connectivity index (χ0v) is 18.5. The second-order valence-electron chi connectivity index (χ2n) is 7.50. The van der Waals surface area contributed by atoms with E-state index in [1.165, 1.54) is 15.6 Å². The summed E-state index contributed by atoms with van der Waals surface area (Å²) in [6.45, 7) is 0.813. The van der Waals surface area contributed by atoms with Crippen LogP contribution >= 0.6 is 11.3 Å². The normalized spacial score (nSPS) is 14.9. The van der Waals surface area contributed by atoms with E-state index in [0.717, 1.165) is 17.5 Å². The average molecular weight is 470 g/mol. The fraction of sp³-hybridized carbons (Fsp3) is 0.238. The van der Waals surface area contributed by atoms with Crippen LogP contribution in [0.3, 0.4) is 0 Å². The monoisotopic (exact) mass is 469 g/mol. The lowest BCUT2D eigenvalue weighted by Crippen LogP contribution is -2.29. The topological polar surface area (TPSA) is 114 Å². The molecular formula is C21H19N5O4S2. The number of thiazole rings is 1. The van der Waals surface area contributed by atoms with E-state index in [9.17, 15) is 18.0 Å². The zero-order chi connectivity index (χ0) is 22.3. The van der Waals surface area contributed by atoms with Crippen molar-refractivity contribution in [2.75, 3.05) is 18.4 Å². The number of nitrogens with one attached hydrogen (secondary N) is 1. The number of aromatic nitrogens is 3. The molecule has 1 fully saturated rings. The van der Waals surface area contributed by atoms with Gasteiger partial charge in [-0.05, 0) is 37.1 Å². The number of nitrogens with zero attached hydrogens (tertiary/aromatic N) is 4. The van der Waals surface area contributed by atoms with Gasteiger partial charge in [0.1, 0.15) is 6.54 Å². The SMILES string of the molecule is O=C(Cn1ncc2ccccc2c1=O)Nc1nc2ccc(S(=O)(=O)N3CCCC3)cc2s1. The van der Waals surface area contributed by atoms with Crippen LogP contribution in [-0.2, 0) is 21.4 Å². The summed E-state index contributed by atoms with van der Waals surface area (Å²) >= 11 is 1.18. The molecule has 11 heteroatoms. The highest BCUT2D eigenvalue weighted by Gasteiger charge is 2.27. The minimum Gasteiger partial charge on any atom is -0.300 e. The van der Waals surface area contributed by atoms with Crippen molar-refractivity contribution in [2.45, 2.75) is 24.3 Å². The number of carbonyl (C=O) groups excluding carboxylic acids is 1. The Morgan fingerprint density at radius 3 is 2.72 bits per heavy atom. The summed E-state index contributed by atoms with van der Waals surface area (Å²) in [7, 11) is -3.53. The van der Waals surface area contributed by atoms with Crippen LogP contribution in [0, 0.1) is 0 Å². The molecule has 1 saturated heterocycles. The molecule has 4 aromatic rings. The van der Waals surface area contributed by atoms with Crippen molar-refractivity contribution in [1.82, 2.24) is 19.1 Å². The number of carbonyl (C=O) groups is 1. The maximum absolute atomic E-state index is 12.8. The molecule has 2 aromatic heterocycles. The number of benzene rings is 2. The van der Waals surface area contributed by atoms with Gasteiger partial charge in [0.25, 0.3) is 5.56 Å². The van der Waals surface area contributed by atoms with E-state index in [1.54, 1.807) is 42.6 Å². The number of fused-ring (bicyclic) bond motifs is 2. The summed E-state index contributed by atoms with van der Waals surface area (Å²) in [5, 5.41) is 8.26. The summed E-state index contributed by atoms with van der Waals surface area (Å²) in [6.07, 6.45) is 3.28. The molecule has 164 valence electrons. The van der Waals surface area contributed by atoms with Gasteiger partial charge in [-0.15, -0.1) is 0 Å². The van der Waals surface area contributed by atoms with Crippen LogP contribution in [0.4, 0.5) is 5.13 Å². The highest BCUT2D eigenvalue weighted by atomic mass is 32.2. The second-order valence-corrected chi connectivity index (χ2v) is 10.5. The third-order valence-corrected chi connectivity index (χ3v) is 8.19. The van der Waals surface area contributed by atoms with E-state index in [2.05, 4.69) is 15.4 Å². The Hall–Kier alpha value is -3.15. The van der Waals surface area contributed by atoms with Crippen LogP contribution in [0.5, 0.6) is 0 Å². The molecule has 3 heterocycles. The molecule has 0 unspecified atom stereocenters. The number of amides is 1. The molecule has 5 rings (SSSR count). The fourth-order valence-electron chi connectivity index (χ4n) is 3.73. The van der Waals surface area contributed by atoms with Crippen LogP contribution in [0.2, 0.25) is 0 Å². The molecule has 0 aliphatic carbocycles. The maximum atomic E-state index is 12.8. The molecule has 9 nitrogen and oxygen atoms in total. The van der Waals surface area contributed by atoms with E-state index >= 15 is 0 Å². The first-order valence-electron chi connectivity index (χ1n) is 10.1. The summed E-state index contributed by atoms with van der Waals surface area (Å²) in [6, 6.07) is 11.8. The predicted molar refractivity (Wildman–Crippen MR) is 122 cm³/mol. The molecule has 0 spiro atoms. The first-order valence-corrected chi connectivity index (χ1v) is 12.3. The van der Waals surface area contributed by atoms with Crippen molar-refractivity contribution in [3.05, 3.63) is 59.0 Å². The third kappa shape index (κ3) is 3.78. The van der Waals surface area contributed by atoms with Crippen molar-refractivity contribution in [3.63, 3.8) is 0 Å². The summed E-state index contributed by atoms with van der Waals surface area (Å²) in [5.74, 6) is -0.446. The molecule has 1 aliphatic heterocycles. The van der Waals surface area contributed by atoms with Crippen LogP contribution in [-0.4, -0.2) is 46.5 Å². The summed E-state index contributed by atoms with van der Waals surface area (Å²) < 4.78 is 28.8. The van der Waals surface area contributed by atoms with Gasteiger partial charge in [0.2, 0.25) is 15.9 Å². The number of hydrogen-bond donors (Lipinski definition) is 1. The summed E-state index contributed by atoms with van der Waals surface area (Å²) in [5.41, 5.74) is 0.242. The van der Waals surface area contributed by atoms with Gasteiger partial charge in [0.15, 0.2) is 5.13 Å². The quantitative estimate of drug-likeness (QED) is 0.480. The molecule has 1 N–H and O–H groups in total. The molecule has 0 radical (unpaired) electrons. The molecule has 1 amide bonds. The first-order chi connectivity index (χ1) is 15.4. The molecule has 32 heavy (non-hydrogen) atoms. The Labute approximate surface area is 187 Å². The number of rotatable bonds is 5. The minimum absolute atomic E-state index is 0.223. The fourth-order valence-corrected chi connectivity index (χ4v) is 6.27. The maximum Gasteiger partial charge on any atom is 0.275 e. The van der Waals surface area contributed by atoms with Crippen LogP contribution in [0.25, 0.3) is 21.0 Å². The van der Waals surface area contributed by atoms with Gasteiger partial charge in [0.05, 0.1) is 26.7 Å². The van der Waals surface area contributed by atoms with E-state index in [0.29, 0.717) is 39.2 Å². The second kappa shape index (κ2) is 8.08. The number of hydrogen-bond acceptors (Lipinski definition) is 7. The number of anilines is 1. The van der Waals surface area contributed by atoms with Crippen LogP contribution in [0.15, 0.2) is 58.4 Å². The Kier molecular flexibility index (Phi) is 5.24. The van der Waals surface area contributed by atoms with Gasteiger partial charge >= 0.3 is 0 Å². The van der Waals surface area contributed by atoms with Crippen LogP contribution in [0.1, 0.15) is 12.8 Å². The van der Waals surface area contributed by atoms with Crippen LogP contribution < -0.4 is 10.9 Å². The van der Waals surface area contributed by atoms with E-state index in [4.69, 9.17) is 0 Å².